The number of allylic oxidation sites excluding steroid dienone is 3. The van der Waals surface area contributed by atoms with Gasteiger partial charge in [0, 0.05) is 0 Å². The van der Waals surface area contributed by atoms with Gasteiger partial charge in [-0.1, -0.05) is 37.6 Å². The first-order valence-corrected chi connectivity index (χ1v) is 10.5. The fourth-order valence-electron chi connectivity index (χ4n) is 5.21. The Morgan fingerprint density at radius 3 is 1.96 bits per heavy atom. The molecule has 2 fully saturated rings. The first-order valence-electron chi connectivity index (χ1n) is 10.5. The van der Waals surface area contributed by atoms with E-state index < -0.39 is 17.5 Å². The third kappa shape index (κ3) is 5.27. The Bertz CT molecular complexity index is 625. The summed E-state index contributed by atoms with van der Waals surface area (Å²) in [7, 11) is 0. The molecule has 0 heterocycles. The van der Waals surface area contributed by atoms with Gasteiger partial charge in [0.1, 0.15) is 0 Å². The molecule has 2 aliphatic rings. The quantitative estimate of drug-likeness (QED) is 0.352. The maximum Gasteiger partial charge on any atom is 0.194 e. The maximum atomic E-state index is 13.5. The first kappa shape index (κ1) is 20.2. The molecule has 1 aromatic carbocycles. The molecule has 1 aromatic rings. The molecule has 0 aromatic heterocycles. The number of rotatable bonds is 6. The van der Waals surface area contributed by atoms with Crippen LogP contribution in [0.4, 0.5) is 13.2 Å². The van der Waals surface area contributed by atoms with Crippen LogP contribution in [0.15, 0.2) is 36.9 Å². The highest BCUT2D eigenvalue weighted by molar-refractivity contribution is 5.23. The van der Waals surface area contributed by atoms with Crippen LogP contribution in [-0.4, -0.2) is 0 Å². The molecule has 0 unspecified atom stereocenters. The second kappa shape index (κ2) is 9.61. The van der Waals surface area contributed by atoms with Gasteiger partial charge in [0.05, 0.1) is 0 Å². The van der Waals surface area contributed by atoms with Crippen molar-refractivity contribution in [2.45, 2.75) is 70.1 Å². The number of hydrogen-bond acceptors (Lipinski definition) is 0. The summed E-state index contributed by atoms with van der Waals surface area (Å²) in [4.78, 5) is 0. The van der Waals surface area contributed by atoms with Gasteiger partial charge in [0.2, 0.25) is 0 Å². The van der Waals surface area contributed by atoms with E-state index in [9.17, 15) is 13.2 Å². The molecule has 2 aliphatic carbocycles. The molecule has 3 rings (SSSR count). The summed E-state index contributed by atoms with van der Waals surface area (Å²) in [6.45, 7) is 3.70. The monoisotopic (exact) mass is 376 g/mol. The van der Waals surface area contributed by atoms with Crippen LogP contribution in [0.1, 0.15) is 75.7 Å². The second-order valence-electron chi connectivity index (χ2n) is 8.43. The Balaban J connectivity index is 1.45. The van der Waals surface area contributed by atoms with E-state index in [0.717, 1.165) is 49.9 Å². The summed E-state index contributed by atoms with van der Waals surface area (Å²) < 4.78 is 40.2. The zero-order valence-corrected chi connectivity index (χ0v) is 16.1. The minimum absolute atomic E-state index is 0.166. The molecule has 0 amide bonds. The van der Waals surface area contributed by atoms with Crippen LogP contribution in [-0.2, 0) is 0 Å². The summed E-state index contributed by atoms with van der Waals surface area (Å²) in [5.41, 5.74) is 0.626. The number of halogens is 3. The second-order valence-corrected chi connectivity index (χ2v) is 8.43. The summed E-state index contributed by atoms with van der Waals surface area (Å²) >= 11 is 0. The molecule has 0 aliphatic heterocycles. The van der Waals surface area contributed by atoms with Crippen molar-refractivity contribution in [3.8, 4) is 0 Å². The van der Waals surface area contributed by atoms with E-state index in [1.165, 1.54) is 44.2 Å². The van der Waals surface area contributed by atoms with Crippen LogP contribution in [0.5, 0.6) is 0 Å². The lowest BCUT2D eigenvalue weighted by molar-refractivity contribution is 0.157. The fraction of sp³-hybridized carbons (Fsp3) is 0.583. The molecular weight excluding hydrogens is 345 g/mol. The van der Waals surface area contributed by atoms with Gasteiger partial charge in [-0.25, -0.2) is 13.2 Å². The summed E-state index contributed by atoms with van der Waals surface area (Å²) in [5.74, 6) is -0.896. The lowest BCUT2D eigenvalue weighted by Crippen LogP contribution is -2.25. The predicted octanol–water partition coefficient (Wildman–Crippen LogP) is 7.71. The van der Waals surface area contributed by atoms with E-state index in [1.54, 1.807) is 0 Å². The van der Waals surface area contributed by atoms with Gasteiger partial charge in [0.15, 0.2) is 17.5 Å². The van der Waals surface area contributed by atoms with Crippen molar-refractivity contribution in [2.75, 3.05) is 0 Å². The molecule has 2 saturated carbocycles. The van der Waals surface area contributed by atoms with Crippen LogP contribution in [0.25, 0.3) is 0 Å². The van der Waals surface area contributed by atoms with Crippen molar-refractivity contribution in [1.29, 1.82) is 0 Å². The third-order valence-corrected chi connectivity index (χ3v) is 6.82. The predicted molar refractivity (Wildman–Crippen MR) is 105 cm³/mol. The van der Waals surface area contributed by atoms with E-state index in [0.29, 0.717) is 5.56 Å². The highest BCUT2D eigenvalue weighted by Gasteiger charge is 2.31. The van der Waals surface area contributed by atoms with Crippen LogP contribution in [0, 0.1) is 35.2 Å². The Morgan fingerprint density at radius 2 is 1.41 bits per heavy atom. The van der Waals surface area contributed by atoms with Crippen molar-refractivity contribution < 1.29 is 13.2 Å². The molecule has 0 radical (unpaired) electrons. The van der Waals surface area contributed by atoms with Gasteiger partial charge < -0.3 is 0 Å². The highest BCUT2D eigenvalue weighted by Crippen LogP contribution is 2.44. The van der Waals surface area contributed by atoms with E-state index in [4.69, 9.17) is 0 Å². The van der Waals surface area contributed by atoms with Crippen LogP contribution < -0.4 is 0 Å². The Morgan fingerprint density at radius 1 is 0.852 bits per heavy atom. The van der Waals surface area contributed by atoms with Crippen molar-refractivity contribution >= 4 is 0 Å². The van der Waals surface area contributed by atoms with Gasteiger partial charge in [-0.3, -0.25) is 0 Å². The zero-order chi connectivity index (χ0) is 19.2. The molecular formula is C24H31F3. The van der Waals surface area contributed by atoms with Gasteiger partial charge >= 0.3 is 0 Å². The minimum atomic E-state index is -1.36. The lowest BCUT2D eigenvalue weighted by Gasteiger charge is -2.38. The Hall–Kier alpha value is -1.51. The molecule has 0 nitrogen and oxygen atoms in total. The van der Waals surface area contributed by atoms with Crippen LogP contribution >= 0.6 is 0 Å². The van der Waals surface area contributed by atoms with Crippen LogP contribution in [0.3, 0.4) is 0 Å². The molecule has 27 heavy (non-hydrogen) atoms. The Kier molecular flexibility index (Phi) is 7.20. The van der Waals surface area contributed by atoms with Crippen molar-refractivity contribution in [1.82, 2.24) is 0 Å². The van der Waals surface area contributed by atoms with Crippen molar-refractivity contribution in [3.63, 3.8) is 0 Å². The number of benzene rings is 1. The van der Waals surface area contributed by atoms with Crippen LogP contribution in [0.2, 0.25) is 0 Å². The largest absolute Gasteiger partial charge is 0.204 e. The lowest BCUT2D eigenvalue weighted by atomic mass is 9.68. The van der Waals surface area contributed by atoms with E-state index in [-0.39, 0.29) is 5.92 Å². The van der Waals surface area contributed by atoms with Gasteiger partial charge in [-0.15, -0.1) is 0 Å². The van der Waals surface area contributed by atoms with Crippen molar-refractivity contribution in [3.05, 3.63) is 60.0 Å². The van der Waals surface area contributed by atoms with E-state index in [1.807, 2.05) is 12.2 Å². The van der Waals surface area contributed by atoms with Gasteiger partial charge in [-0.2, -0.15) is 0 Å². The van der Waals surface area contributed by atoms with Crippen molar-refractivity contribution in [2.24, 2.45) is 17.8 Å². The summed E-state index contributed by atoms with van der Waals surface area (Å²) in [6.07, 6.45) is 18.0. The Labute approximate surface area is 161 Å². The maximum absolute atomic E-state index is 13.5. The third-order valence-electron chi connectivity index (χ3n) is 6.82. The molecule has 0 spiro atoms. The molecule has 3 heteroatoms. The normalized spacial score (nSPS) is 29.1. The first-order chi connectivity index (χ1) is 13.1. The SMILES string of the molecule is C=CC=CCCC1CCC(C2CCC(c3cc(F)c(F)c(F)c3)CC2)CC1. The zero-order valence-electron chi connectivity index (χ0n) is 16.1. The minimum Gasteiger partial charge on any atom is -0.204 e. The van der Waals surface area contributed by atoms with Gasteiger partial charge in [0.25, 0.3) is 0 Å². The molecule has 0 saturated heterocycles. The smallest absolute Gasteiger partial charge is 0.194 e. The molecule has 0 bridgehead atoms. The summed E-state index contributed by atoms with van der Waals surface area (Å²) in [5, 5.41) is 0. The summed E-state index contributed by atoms with van der Waals surface area (Å²) in [6, 6.07) is 2.38. The standard InChI is InChI=1S/C24H31F3/c1-2-3-4-5-6-17-7-9-18(10-8-17)19-11-13-20(14-12-19)21-15-22(25)24(27)23(26)16-21/h2-4,15-20H,1,5-14H2. The molecule has 0 atom stereocenters. The number of hydrogen-bond donors (Lipinski definition) is 0. The van der Waals surface area contributed by atoms with Gasteiger partial charge in [-0.05, 0) is 92.7 Å². The molecule has 148 valence electrons. The fourth-order valence-corrected chi connectivity index (χ4v) is 5.21. The highest BCUT2D eigenvalue weighted by atomic mass is 19.2. The van der Waals surface area contributed by atoms with E-state index in [2.05, 4.69) is 12.7 Å². The molecule has 0 N–H and O–H groups in total. The van der Waals surface area contributed by atoms with E-state index >= 15 is 0 Å². The topological polar surface area (TPSA) is 0 Å². The average Bonchev–Trinajstić information content (AvgIpc) is 2.70. The average molecular weight is 377 g/mol.